The second kappa shape index (κ2) is 8.67. The SMILES string of the molecule is O=CO[C@H]1CCC[C@H]1N1Cc2ccc(-c3ccc(Nc4ccc(Cl)cc4)cc3)cc2C1=O. The lowest BCUT2D eigenvalue weighted by atomic mass is 10.00. The third-order valence-electron chi connectivity index (χ3n) is 6.34. The summed E-state index contributed by atoms with van der Waals surface area (Å²) in [6.45, 7) is 1.07. The Balaban J connectivity index is 1.33. The Morgan fingerprint density at radius 2 is 1.62 bits per heavy atom. The van der Waals surface area contributed by atoms with Crippen molar-refractivity contribution in [3.63, 3.8) is 0 Å². The lowest BCUT2D eigenvalue weighted by Gasteiger charge is -2.28. The summed E-state index contributed by atoms with van der Waals surface area (Å²) in [5.74, 6) is 0.0225. The lowest BCUT2D eigenvalue weighted by molar-refractivity contribution is -0.135. The first-order chi connectivity index (χ1) is 15.6. The summed E-state index contributed by atoms with van der Waals surface area (Å²) >= 11 is 5.95. The molecule has 0 aromatic heterocycles. The Labute approximate surface area is 192 Å². The smallest absolute Gasteiger partial charge is 0.293 e. The largest absolute Gasteiger partial charge is 0.462 e. The maximum atomic E-state index is 13.2. The van der Waals surface area contributed by atoms with E-state index in [4.69, 9.17) is 16.3 Å². The molecular weight excluding hydrogens is 424 g/mol. The zero-order valence-electron chi connectivity index (χ0n) is 17.5. The zero-order chi connectivity index (χ0) is 22.1. The second-order valence-corrected chi connectivity index (χ2v) is 8.72. The minimum atomic E-state index is -0.203. The molecule has 1 N–H and O–H groups in total. The lowest BCUT2D eigenvalue weighted by Crippen LogP contribution is -2.41. The summed E-state index contributed by atoms with van der Waals surface area (Å²) in [5, 5.41) is 4.06. The number of nitrogens with one attached hydrogen (secondary N) is 1. The molecule has 1 heterocycles. The molecule has 5 nitrogen and oxygen atoms in total. The van der Waals surface area contributed by atoms with Crippen LogP contribution in [0.4, 0.5) is 11.4 Å². The van der Waals surface area contributed by atoms with E-state index in [0.717, 1.165) is 52.9 Å². The van der Waals surface area contributed by atoms with Crippen LogP contribution in [0, 0.1) is 0 Å². The molecule has 0 spiro atoms. The van der Waals surface area contributed by atoms with E-state index in [-0.39, 0.29) is 18.1 Å². The van der Waals surface area contributed by atoms with Crippen molar-refractivity contribution in [3.05, 3.63) is 82.9 Å². The fourth-order valence-corrected chi connectivity index (χ4v) is 4.84. The summed E-state index contributed by atoms with van der Waals surface area (Å²) in [7, 11) is 0. The van der Waals surface area contributed by atoms with Crippen molar-refractivity contribution in [1.29, 1.82) is 0 Å². The number of nitrogens with zero attached hydrogens (tertiary/aromatic N) is 1. The molecule has 162 valence electrons. The molecule has 6 heteroatoms. The highest BCUT2D eigenvalue weighted by Crippen LogP contribution is 2.35. The first kappa shape index (κ1) is 20.6. The van der Waals surface area contributed by atoms with Gasteiger partial charge in [0.25, 0.3) is 12.4 Å². The van der Waals surface area contributed by atoms with Crippen LogP contribution in [0.5, 0.6) is 0 Å². The topological polar surface area (TPSA) is 58.6 Å². The Bertz CT molecular complexity index is 1140. The number of halogens is 1. The minimum absolute atomic E-state index is 0.0225. The molecule has 1 fully saturated rings. The van der Waals surface area contributed by atoms with Gasteiger partial charge in [-0.1, -0.05) is 35.9 Å². The van der Waals surface area contributed by atoms with Crippen molar-refractivity contribution in [1.82, 2.24) is 4.90 Å². The fourth-order valence-electron chi connectivity index (χ4n) is 4.71. The van der Waals surface area contributed by atoms with Gasteiger partial charge in [-0.05, 0) is 78.4 Å². The fraction of sp³-hybridized carbons (Fsp3) is 0.231. The molecule has 0 unspecified atom stereocenters. The summed E-state index contributed by atoms with van der Waals surface area (Å²) in [6.07, 6.45) is 2.44. The Hall–Kier alpha value is -3.31. The van der Waals surface area contributed by atoms with E-state index in [0.29, 0.717) is 18.0 Å². The first-order valence-electron chi connectivity index (χ1n) is 10.8. The van der Waals surface area contributed by atoms with Crippen LogP contribution in [0.3, 0.4) is 0 Å². The molecule has 0 saturated heterocycles. The standard InChI is InChI=1S/C26H23ClN2O3/c27-20-8-12-22(13-9-20)28-21-10-6-17(7-11-21)18-4-5-19-15-29(26(31)23(19)14-18)24-2-1-3-25(24)32-16-30/h4-14,16,24-25,28H,1-3,15H2/t24-,25+/m1/s1. The highest BCUT2D eigenvalue weighted by molar-refractivity contribution is 6.30. The van der Waals surface area contributed by atoms with Gasteiger partial charge < -0.3 is 15.0 Å². The number of fused-ring (bicyclic) bond motifs is 1. The van der Waals surface area contributed by atoms with Gasteiger partial charge in [-0.25, -0.2) is 0 Å². The second-order valence-electron chi connectivity index (χ2n) is 8.28. The van der Waals surface area contributed by atoms with E-state index >= 15 is 0 Å². The highest BCUT2D eigenvalue weighted by Gasteiger charge is 2.40. The number of carbonyl (C=O) groups is 2. The number of hydrogen-bond donors (Lipinski definition) is 1. The molecule has 1 aliphatic carbocycles. The van der Waals surface area contributed by atoms with Gasteiger partial charge in [-0.3, -0.25) is 9.59 Å². The first-order valence-corrected chi connectivity index (χ1v) is 11.2. The molecule has 0 radical (unpaired) electrons. The maximum Gasteiger partial charge on any atom is 0.293 e. The molecule has 3 aromatic rings. The summed E-state index contributed by atoms with van der Waals surface area (Å²) < 4.78 is 5.24. The molecule has 3 aromatic carbocycles. The van der Waals surface area contributed by atoms with Gasteiger partial charge in [0.05, 0.1) is 6.04 Å². The molecule has 5 rings (SSSR count). The third-order valence-corrected chi connectivity index (χ3v) is 6.59. The van der Waals surface area contributed by atoms with Crippen LogP contribution in [-0.2, 0) is 16.1 Å². The normalized spacial score (nSPS) is 19.7. The van der Waals surface area contributed by atoms with Gasteiger partial charge in [0, 0.05) is 28.5 Å². The molecule has 1 saturated carbocycles. The molecule has 1 aliphatic heterocycles. The van der Waals surface area contributed by atoms with Crippen LogP contribution in [0.2, 0.25) is 5.02 Å². The Morgan fingerprint density at radius 3 is 2.34 bits per heavy atom. The van der Waals surface area contributed by atoms with Crippen molar-refractivity contribution < 1.29 is 14.3 Å². The van der Waals surface area contributed by atoms with Crippen molar-refractivity contribution in [2.45, 2.75) is 38.0 Å². The maximum absolute atomic E-state index is 13.2. The average Bonchev–Trinajstić information content (AvgIpc) is 3.40. The number of rotatable bonds is 6. The van der Waals surface area contributed by atoms with E-state index in [1.54, 1.807) is 0 Å². The van der Waals surface area contributed by atoms with Gasteiger partial charge >= 0.3 is 0 Å². The van der Waals surface area contributed by atoms with Crippen LogP contribution in [0.15, 0.2) is 66.7 Å². The number of amides is 1. The summed E-state index contributed by atoms with van der Waals surface area (Å²) in [5.41, 5.74) is 5.75. The minimum Gasteiger partial charge on any atom is -0.462 e. The Kier molecular flexibility index (Phi) is 5.58. The van der Waals surface area contributed by atoms with Crippen molar-refractivity contribution in [2.75, 3.05) is 5.32 Å². The molecule has 0 bridgehead atoms. The van der Waals surface area contributed by atoms with Crippen LogP contribution in [0.25, 0.3) is 11.1 Å². The van der Waals surface area contributed by atoms with Crippen molar-refractivity contribution in [3.8, 4) is 11.1 Å². The summed E-state index contributed by atoms with van der Waals surface area (Å²) in [6, 6.07) is 21.7. The summed E-state index contributed by atoms with van der Waals surface area (Å²) in [4.78, 5) is 25.9. The van der Waals surface area contributed by atoms with Gasteiger partial charge in [-0.2, -0.15) is 0 Å². The molecule has 2 aliphatic rings. The number of hydrogen-bond acceptors (Lipinski definition) is 4. The number of benzene rings is 3. The quantitative estimate of drug-likeness (QED) is 0.486. The van der Waals surface area contributed by atoms with E-state index in [9.17, 15) is 9.59 Å². The van der Waals surface area contributed by atoms with Gasteiger partial charge in [0.1, 0.15) is 6.10 Å². The predicted octanol–water partition coefficient (Wildman–Crippen LogP) is 5.80. The van der Waals surface area contributed by atoms with Crippen molar-refractivity contribution >= 4 is 35.4 Å². The monoisotopic (exact) mass is 446 g/mol. The molecule has 32 heavy (non-hydrogen) atoms. The average molecular weight is 447 g/mol. The number of anilines is 2. The third kappa shape index (κ3) is 3.96. The van der Waals surface area contributed by atoms with E-state index in [2.05, 4.69) is 11.4 Å². The number of carbonyl (C=O) groups excluding carboxylic acids is 2. The van der Waals surface area contributed by atoms with Crippen LogP contribution in [-0.4, -0.2) is 29.4 Å². The van der Waals surface area contributed by atoms with Crippen molar-refractivity contribution in [2.24, 2.45) is 0 Å². The zero-order valence-corrected chi connectivity index (χ0v) is 18.2. The highest BCUT2D eigenvalue weighted by atomic mass is 35.5. The van der Waals surface area contributed by atoms with E-state index in [1.165, 1.54) is 0 Å². The van der Waals surface area contributed by atoms with E-state index in [1.807, 2.05) is 65.6 Å². The van der Waals surface area contributed by atoms with E-state index < -0.39 is 0 Å². The molecular formula is C26H23ClN2O3. The predicted molar refractivity (Wildman–Crippen MR) is 125 cm³/mol. The van der Waals surface area contributed by atoms with Crippen LogP contribution >= 0.6 is 11.6 Å². The van der Waals surface area contributed by atoms with Gasteiger partial charge in [0.2, 0.25) is 0 Å². The Morgan fingerprint density at radius 1 is 0.938 bits per heavy atom. The van der Waals surface area contributed by atoms with Crippen LogP contribution in [0.1, 0.15) is 35.2 Å². The van der Waals surface area contributed by atoms with Crippen LogP contribution < -0.4 is 5.32 Å². The van der Waals surface area contributed by atoms with Gasteiger partial charge in [-0.15, -0.1) is 0 Å². The molecule has 2 atom stereocenters. The number of ether oxygens (including phenoxy) is 1. The molecule has 1 amide bonds. The van der Waals surface area contributed by atoms with Gasteiger partial charge in [0.15, 0.2) is 0 Å².